The summed E-state index contributed by atoms with van der Waals surface area (Å²) in [5.41, 5.74) is 2.25. The summed E-state index contributed by atoms with van der Waals surface area (Å²) in [4.78, 5) is 15.0. The van der Waals surface area contributed by atoms with E-state index in [0.717, 1.165) is 30.2 Å². The van der Waals surface area contributed by atoms with Crippen LogP contribution in [0.3, 0.4) is 0 Å². The van der Waals surface area contributed by atoms with Gasteiger partial charge in [-0.25, -0.2) is 0 Å². The molecule has 2 aromatic carbocycles. The lowest BCUT2D eigenvalue weighted by atomic mass is 10.0. The standard InChI is InChI=1S/C23H30N2O3/c1-27-20-11-12-22(28-2)19(16-20)10-13-23(26)24-17-21(25-14-6-7-15-25)18-8-4-3-5-9-18/h3-5,8-9,11-12,16,21H,6-7,10,13-15,17H2,1-2H3,(H,24,26). The summed E-state index contributed by atoms with van der Waals surface area (Å²) in [5, 5.41) is 3.14. The molecule has 1 aliphatic rings. The van der Waals surface area contributed by atoms with Crippen molar-refractivity contribution in [2.24, 2.45) is 0 Å². The number of amides is 1. The number of ether oxygens (including phenoxy) is 2. The van der Waals surface area contributed by atoms with Crippen molar-refractivity contribution >= 4 is 5.91 Å². The van der Waals surface area contributed by atoms with Crippen molar-refractivity contribution in [1.82, 2.24) is 10.2 Å². The second kappa shape index (κ2) is 10.1. The van der Waals surface area contributed by atoms with E-state index in [1.54, 1.807) is 14.2 Å². The predicted molar refractivity (Wildman–Crippen MR) is 111 cm³/mol. The van der Waals surface area contributed by atoms with E-state index in [2.05, 4.69) is 34.5 Å². The van der Waals surface area contributed by atoms with Crippen molar-refractivity contribution in [2.45, 2.75) is 31.7 Å². The number of nitrogens with zero attached hydrogens (tertiary/aromatic N) is 1. The predicted octanol–water partition coefficient (Wildman–Crippen LogP) is 3.59. The van der Waals surface area contributed by atoms with Gasteiger partial charge in [0.1, 0.15) is 11.5 Å². The second-order valence-corrected chi connectivity index (χ2v) is 7.15. The first-order valence-electron chi connectivity index (χ1n) is 9.98. The van der Waals surface area contributed by atoms with E-state index in [-0.39, 0.29) is 11.9 Å². The maximum absolute atomic E-state index is 12.5. The smallest absolute Gasteiger partial charge is 0.220 e. The quantitative estimate of drug-likeness (QED) is 0.720. The van der Waals surface area contributed by atoms with Crippen molar-refractivity contribution in [3.8, 4) is 11.5 Å². The van der Waals surface area contributed by atoms with Crippen LogP contribution in [0.2, 0.25) is 0 Å². The van der Waals surface area contributed by atoms with E-state index in [4.69, 9.17) is 9.47 Å². The monoisotopic (exact) mass is 382 g/mol. The Morgan fingerprint density at radius 1 is 1.07 bits per heavy atom. The fourth-order valence-corrected chi connectivity index (χ4v) is 3.81. The van der Waals surface area contributed by atoms with Crippen LogP contribution in [-0.4, -0.2) is 44.7 Å². The van der Waals surface area contributed by atoms with Crippen LogP contribution >= 0.6 is 0 Å². The van der Waals surface area contributed by atoms with E-state index >= 15 is 0 Å². The molecule has 0 spiro atoms. The van der Waals surface area contributed by atoms with Crippen molar-refractivity contribution in [3.63, 3.8) is 0 Å². The van der Waals surface area contributed by atoms with Gasteiger partial charge >= 0.3 is 0 Å². The molecule has 0 aliphatic carbocycles. The molecule has 0 saturated carbocycles. The summed E-state index contributed by atoms with van der Waals surface area (Å²) in [7, 11) is 3.28. The Morgan fingerprint density at radius 3 is 2.50 bits per heavy atom. The minimum atomic E-state index is 0.0602. The molecule has 1 unspecified atom stereocenters. The molecule has 1 fully saturated rings. The Kier molecular flexibility index (Phi) is 7.31. The normalized spacial score (nSPS) is 15.2. The Labute approximate surface area is 167 Å². The maximum atomic E-state index is 12.5. The number of likely N-dealkylation sites (tertiary alicyclic amines) is 1. The highest BCUT2D eigenvalue weighted by Crippen LogP contribution is 2.26. The fraction of sp³-hybridized carbons (Fsp3) is 0.435. The first-order chi connectivity index (χ1) is 13.7. The highest BCUT2D eigenvalue weighted by molar-refractivity contribution is 5.76. The molecule has 1 aliphatic heterocycles. The van der Waals surface area contributed by atoms with Crippen molar-refractivity contribution in [1.29, 1.82) is 0 Å². The van der Waals surface area contributed by atoms with Crippen LogP contribution in [0.4, 0.5) is 0 Å². The number of hydrogen-bond acceptors (Lipinski definition) is 4. The number of carbonyl (C=O) groups is 1. The van der Waals surface area contributed by atoms with Crippen molar-refractivity contribution < 1.29 is 14.3 Å². The summed E-state index contributed by atoms with van der Waals surface area (Å²) in [6.45, 7) is 2.82. The van der Waals surface area contributed by atoms with Gasteiger partial charge in [0, 0.05) is 13.0 Å². The molecule has 1 atom stereocenters. The van der Waals surface area contributed by atoms with Crippen molar-refractivity contribution in [3.05, 3.63) is 59.7 Å². The minimum Gasteiger partial charge on any atom is -0.497 e. The number of carbonyl (C=O) groups excluding carboxylic acids is 1. The molecular formula is C23H30N2O3. The van der Waals surface area contributed by atoms with E-state index in [0.29, 0.717) is 19.4 Å². The van der Waals surface area contributed by atoms with Crippen LogP contribution in [0.5, 0.6) is 11.5 Å². The second-order valence-electron chi connectivity index (χ2n) is 7.15. The summed E-state index contributed by atoms with van der Waals surface area (Å²) in [6.07, 6.45) is 3.50. The van der Waals surface area contributed by atoms with Gasteiger partial charge in [0.15, 0.2) is 0 Å². The van der Waals surface area contributed by atoms with Crippen molar-refractivity contribution in [2.75, 3.05) is 33.9 Å². The first-order valence-corrected chi connectivity index (χ1v) is 9.98. The lowest BCUT2D eigenvalue weighted by Gasteiger charge is -2.28. The molecule has 5 nitrogen and oxygen atoms in total. The highest BCUT2D eigenvalue weighted by atomic mass is 16.5. The topological polar surface area (TPSA) is 50.8 Å². The molecule has 150 valence electrons. The molecule has 0 aromatic heterocycles. The Balaban J connectivity index is 1.58. The molecule has 0 radical (unpaired) electrons. The Bertz CT molecular complexity index is 758. The molecule has 1 amide bonds. The number of benzene rings is 2. The average molecular weight is 383 g/mol. The van der Waals surface area contributed by atoms with Crippen LogP contribution in [0.1, 0.15) is 36.4 Å². The third kappa shape index (κ3) is 5.26. The molecule has 1 heterocycles. The number of rotatable bonds is 9. The lowest BCUT2D eigenvalue weighted by Crippen LogP contribution is -2.36. The van der Waals surface area contributed by atoms with Crippen LogP contribution < -0.4 is 14.8 Å². The van der Waals surface area contributed by atoms with Gasteiger partial charge < -0.3 is 14.8 Å². The lowest BCUT2D eigenvalue weighted by molar-refractivity contribution is -0.121. The summed E-state index contributed by atoms with van der Waals surface area (Å²) in [6, 6.07) is 16.4. The molecule has 1 saturated heterocycles. The van der Waals surface area contributed by atoms with Gasteiger partial charge in [0.05, 0.1) is 20.3 Å². The maximum Gasteiger partial charge on any atom is 0.220 e. The third-order valence-corrected chi connectivity index (χ3v) is 5.37. The number of aryl methyl sites for hydroxylation is 1. The van der Waals surface area contributed by atoms with Gasteiger partial charge in [-0.05, 0) is 61.7 Å². The third-order valence-electron chi connectivity index (χ3n) is 5.37. The van der Waals surface area contributed by atoms with Crippen LogP contribution in [0.25, 0.3) is 0 Å². The zero-order chi connectivity index (χ0) is 19.8. The van der Waals surface area contributed by atoms with Gasteiger partial charge in [-0.1, -0.05) is 30.3 Å². The fourth-order valence-electron chi connectivity index (χ4n) is 3.81. The van der Waals surface area contributed by atoms with Crippen LogP contribution in [0, 0.1) is 0 Å². The molecule has 1 N–H and O–H groups in total. The molecular weight excluding hydrogens is 352 g/mol. The first kappa shape index (κ1) is 20.2. The van der Waals surface area contributed by atoms with Crippen LogP contribution in [0.15, 0.2) is 48.5 Å². The molecule has 0 bridgehead atoms. The number of methoxy groups -OCH3 is 2. The summed E-state index contributed by atoms with van der Waals surface area (Å²) in [5.74, 6) is 1.62. The molecule has 28 heavy (non-hydrogen) atoms. The van der Waals surface area contributed by atoms with Gasteiger partial charge in [0.25, 0.3) is 0 Å². The molecule has 2 aromatic rings. The van der Waals surface area contributed by atoms with E-state index in [1.807, 2.05) is 24.3 Å². The average Bonchev–Trinajstić information content (AvgIpc) is 3.27. The summed E-state index contributed by atoms with van der Waals surface area (Å²) >= 11 is 0. The minimum absolute atomic E-state index is 0.0602. The van der Waals surface area contributed by atoms with E-state index < -0.39 is 0 Å². The van der Waals surface area contributed by atoms with Gasteiger partial charge in [-0.2, -0.15) is 0 Å². The van der Waals surface area contributed by atoms with E-state index in [1.165, 1.54) is 18.4 Å². The van der Waals surface area contributed by atoms with Crippen LogP contribution in [-0.2, 0) is 11.2 Å². The zero-order valence-corrected chi connectivity index (χ0v) is 16.8. The van der Waals surface area contributed by atoms with Gasteiger partial charge in [-0.3, -0.25) is 9.69 Å². The largest absolute Gasteiger partial charge is 0.497 e. The Morgan fingerprint density at radius 2 is 1.82 bits per heavy atom. The van der Waals surface area contributed by atoms with E-state index in [9.17, 15) is 4.79 Å². The Hall–Kier alpha value is -2.53. The van der Waals surface area contributed by atoms with Gasteiger partial charge in [0.2, 0.25) is 5.91 Å². The number of nitrogens with one attached hydrogen (secondary N) is 1. The zero-order valence-electron chi connectivity index (χ0n) is 16.8. The molecule has 3 rings (SSSR count). The van der Waals surface area contributed by atoms with Gasteiger partial charge in [-0.15, -0.1) is 0 Å². The highest BCUT2D eigenvalue weighted by Gasteiger charge is 2.23. The SMILES string of the molecule is COc1ccc(OC)c(CCC(=O)NCC(c2ccccc2)N2CCCC2)c1. The number of hydrogen-bond donors (Lipinski definition) is 1. The molecule has 5 heteroatoms. The summed E-state index contributed by atoms with van der Waals surface area (Å²) < 4.78 is 10.7.